The van der Waals surface area contributed by atoms with E-state index in [0.717, 1.165) is 11.3 Å². The maximum Gasteiger partial charge on any atom is 0.175 e. The van der Waals surface area contributed by atoms with Crippen molar-refractivity contribution in [2.24, 2.45) is 0 Å². The molecule has 0 aliphatic rings. The van der Waals surface area contributed by atoms with Gasteiger partial charge in [-0.2, -0.15) is 0 Å². The van der Waals surface area contributed by atoms with Crippen LogP contribution in [0, 0.1) is 12.7 Å². The average molecular weight is 329 g/mol. The molecule has 0 radical (unpaired) electrons. The first kappa shape index (κ1) is 15.0. The lowest BCUT2D eigenvalue weighted by atomic mass is 10.2. The normalized spacial score (nSPS) is 10.2. The van der Waals surface area contributed by atoms with Crippen molar-refractivity contribution in [2.45, 2.75) is 6.92 Å². The summed E-state index contributed by atoms with van der Waals surface area (Å²) in [5.74, 6) is -0.541. The van der Waals surface area contributed by atoms with E-state index in [2.05, 4.69) is 10.6 Å². The van der Waals surface area contributed by atoms with Crippen molar-refractivity contribution in [2.75, 3.05) is 10.6 Å². The number of anilines is 2. The number of rotatable bonds is 2. The van der Waals surface area contributed by atoms with Gasteiger partial charge in [-0.1, -0.05) is 35.3 Å². The van der Waals surface area contributed by atoms with Crippen molar-refractivity contribution in [3.63, 3.8) is 0 Å². The molecule has 0 aliphatic heterocycles. The fraction of sp³-hybridized carbons (Fsp3) is 0.0714. The molecule has 0 amide bonds. The van der Waals surface area contributed by atoms with E-state index in [-0.39, 0.29) is 15.8 Å². The fourth-order valence-electron chi connectivity index (χ4n) is 1.61. The van der Waals surface area contributed by atoms with Gasteiger partial charge in [-0.15, -0.1) is 0 Å². The van der Waals surface area contributed by atoms with Crippen LogP contribution in [-0.4, -0.2) is 5.11 Å². The lowest BCUT2D eigenvalue weighted by molar-refractivity contribution is 0.632. The quantitative estimate of drug-likeness (QED) is 0.736. The number of hydrogen-bond acceptors (Lipinski definition) is 1. The molecule has 0 atom stereocenters. The smallest absolute Gasteiger partial charge is 0.175 e. The Morgan fingerprint density at radius 2 is 1.80 bits per heavy atom. The molecule has 2 N–H and O–H groups in total. The summed E-state index contributed by atoms with van der Waals surface area (Å²) < 4.78 is 13.7. The third-order valence-corrected chi connectivity index (χ3v) is 3.38. The van der Waals surface area contributed by atoms with Crippen LogP contribution >= 0.6 is 35.4 Å². The summed E-state index contributed by atoms with van der Waals surface area (Å²) in [5, 5.41) is 6.63. The highest BCUT2D eigenvalue weighted by atomic mass is 35.5. The predicted octanol–water partition coefficient (Wildman–Crippen LogP) is 5.25. The van der Waals surface area contributed by atoms with Crippen molar-refractivity contribution in [1.29, 1.82) is 0 Å². The van der Waals surface area contributed by atoms with E-state index in [9.17, 15) is 4.39 Å². The molecular weight excluding hydrogens is 318 g/mol. The minimum absolute atomic E-state index is 0.0386. The average Bonchev–Trinajstić information content (AvgIpc) is 2.39. The second-order valence-corrected chi connectivity index (χ2v) is 5.39. The Bertz CT molecular complexity index is 656. The van der Waals surface area contributed by atoms with Crippen LogP contribution in [0.3, 0.4) is 0 Å². The van der Waals surface area contributed by atoms with Gasteiger partial charge < -0.3 is 10.6 Å². The van der Waals surface area contributed by atoms with Crippen LogP contribution < -0.4 is 10.6 Å². The van der Waals surface area contributed by atoms with E-state index in [0.29, 0.717) is 5.02 Å². The first-order valence-electron chi connectivity index (χ1n) is 5.75. The van der Waals surface area contributed by atoms with E-state index >= 15 is 0 Å². The molecule has 6 heteroatoms. The van der Waals surface area contributed by atoms with Gasteiger partial charge in [-0.05, 0) is 49.0 Å². The van der Waals surface area contributed by atoms with E-state index in [1.54, 1.807) is 24.3 Å². The van der Waals surface area contributed by atoms with Gasteiger partial charge >= 0.3 is 0 Å². The Morgan fingerprint density at radius 3 is 2.55 bits per heavy atom. The van der Waals surface area contributed by atoms with Crippen molar-refractivity contribution in [1.82, 2.24) is 0 Å². The van der Waals surface area contributed by atoms with Crippen LogP contribution in [0.25, 0.3) is 0 Å². The molecule has 0 spiro atoms. The van der Waals surface area contributed by atoms with E-state index in [1.165, 1.54) is 6.07 Å². The number of hydrogen-bond donors (Lipinski definition) is 2. The number of benzene rings is 2. The summed E-state index contributed by atoms with van der Waals surface area (Å²) >= 11 is 16.8. The first-order chi connectivity index (χ1) is 9.47. The van der Waals surface area contributed by atoms with Crippen molar-refractivity contribution >= 4 is 51.9 Å². The van der Waals surface area contributed by atoms with Gasteiger partial charge in [0.15, 0.2) is 10.9 Å². The Labute approximate surface area is 131 Å². The summed E-state index contributed by atoms with van der Waals surface area (Å²) in [6, 6.07) is 10.1. The summed E-state index contributed by atoms with van der Waals surface area (Å²) in [6.07, 6.45) is 0. The lowest BCUT2D eigenvalue weighted by Gasteiger charge is -2.13. The summed E-state index contributed by atoms with van der Waals surface area (Å²) in [4.78, 5) is 0. The van der Waals surface area contributed by atoms with Gasteiger partial charge in [0.25, 0.3) is 0 Å². The number of halogens is 3. The van der Waals surface area contributed by atoms with Gasteiger partial charge in [0.05, 0.1) is 10.7 Å². The van der Waals surface area contributed by atoms with Crippen LogP contribution in [0.15, 0.2) is 36.4 Å². The minimum atomic E-state index is -0.541. The largest absolute Gasteiger partial charge is 0.332 e. The van der Waals surface area contributed by atoms with Gasteiger partial charge in [0.1, 0.15) is 0 Å². The lowest BCUT2D eigenvalue weighted by Crippen LogP contribution is -2.20. The van der Waals surface area contributed by atoms with Gasteiger partial charge in [-0.3, -0.25) is 0 Å². The molecule has 0 fully saturated rings. The first-order valence-corrected chi connectivity index (χ1v) is 6.92. The standard InChI is InChI=1S/C14H11Cl2FN2S/c1-8-5-6-9(15)7-12(8)19-14(20)18-11-4-2-3-10(16)13(11)17/h2-7H,1H3,(H2,18,19,20). The number of thiocarbonyl (C=S) groups is 1. The van der Waals surface area contributed by atoms with E-state index in [1.807, 2.05) is 13.0 Å². The van der Waals surface area contributed by atoms with Crippen LogP contribution in [0.2, 0.25) is 10.0 Å². The number of aryl methyl sites for hydroxylation is 1. The summed E-state index contributed by atoms with van der Waals surface area (Å²) in [6.45, 7) is 1.92. The third kappa shape index (κ3) is 3.60. The molecule has 0 saturated carbocycles. The highest BCUT2D eigenvalue weighted by Gasteiger charge is 2.08. The molecule has 0 aromatic heterocycles. The second kappa shape index (κ2) is 6.39. The van der Waals surface area contributed by atoms with Crippen molar-refractivity contribution in [3.8, 4) is 0 Å². The van der Waals surface area contributed by atoms with Crippen LogP contribution in [0.5, 0.6) is 0 Å². The molecular formula is C14H11Cl2FN2S. The van der Waals surface area contributed by atoms with E-state index < -0.39 is 5.82 Å². The summed E-state index contributed by atoms with van der Waals surface area (Å²) in [7, 11) is 0. The van der Waals surface area contributed by atoms with Crippen LogP contribution in [0.1, 0.15) is 5.56 Å². The maximum absolute atomic E-state index is 13.7. The second-order valence-electron chi connectivity index (χ2n) is 4.14. The van der Waals surface area contributed by atoms with E-state index in [4.69, 9.17) is 35.4 Å². The Balaban J connectivity index is 2.13. The molecule has 2 aromatic carbocycles. The molecule has 0 heterocycles. The van der Waals surface area contributed by atoms with Gasteiger partial charge in [0.2, 0.25) is 0 Å². The Hall–Kier alpha value is -1.36. The Morgan fingerprint density at radius 1 is 1.10 bits per heavy atom. The molecule has 0 bridgehead atoms. The minimum Gasteiger partial charge on any atom is -0.332 e. The van der Waals surface area contributed by atoms with Crippen LogP contribution in [-0.2, 0) is 0 Å². The predicted molar refractivity (Wildman–Crippen MR) is 87.4 cm³/mol. The zero-order valence-corrected chi connectivity index (χ0v) is 12.8. The van der Waals surface area contributed by atoms with Crippen molar-refractivity contribution in [3.05, 3.63) is 57.8 Å². The topological polar surface area (TPSA) is 24.1 Å². The maximum atomic E-state index is 13.7. The molecule has 0 unspecified atom stereocenters. The molecule has 104 valence electrons. The van der Waals surface area contributed by atoms with Gasteiger partial charge in [-0.25, -0.2) is 4.39 Å². The Kier molecular flexibility index (Phi) is 4.81. The van der Waals surface area contributed by atoms with Crippen molar-refractivity contribution < 1.29 is 4.39 Å². The SMILES string of the molecule is Cc1ccc(Cl)cc1NC(=S)Nc1cccc(Cl)c1F. The molecule has 0 saturated heterocycles. The number of nitrogens with one attached hydrogen (secondary N) is 2. The summed E-state index contributed by atoms with van der Waals surface area (Å²) in [5.41, 5.74) is 1.96. The highest BCUT2D eigenvalue weighted by molar-refractivity contribution is 7.80. The zero-order chi connectivity index (χ0) is 14.7. The monoisotopic (exact) mass is 328 g/mol. The highest BCUT2D eigenvalue weighted by Crippen LogP contribution is 2.23. The fourth-order valence-corrected chi connectivity index (χ4v) is 2.17. The molecule has 2 rings (SSSR count). The molecule has 20 heavy (non-hydrogen) atoms. The molecule has 2 aromatic rings. The van der Waals surface area contributed by atoms with Gasteiger partial charge in [0, 0.05) is 10.7 Å². The zero-order valence-electron chi connectivity index (χ0n) is 10.5. The van der Waals surface area contributed by atoms with Crippen LogP contribution in [0.4, 0.5) is 15.8 Å². The molecule has 0 aliphatic carbocycles. The third-order valence-electron chi connectivity index (χ3n) is 2.65. The molecule has 2 nitrogen and oxygen atoms in total.